The summed E-state index contributed by atoms with van der Waals surface area (Å²) in [5.41, 5.74) is 0.0515. The van der Waals surface area contributed by atoms with Crippen molar-refractivity contribution in [2.24, 2.45) is 0 Å². The number of nitrogens with one attached hydrogen (secondary N) is 1. The normalized spacial score (nSPS) is 14.8. The number of nitrogens with zero attached hydrogens (tertiary/aromatic N) is 3. The molecule has 3 heterocycles. The van der Waals surface area contributed by atoms with Gasteiger partial charge in [-0.15, -0.1) is 0 Å². The number of nitro groups is 1. The van der Waals surface area contributed by atoms with Gasteiger partial charge in [0.1, 0.15) is 17.3 Å². The first-order chi connectivity index (χ1) is 11.1. The quantitative estimate of drug-likeness (QED) is 0.460. The molecule has 0 spiro atoms. The third-order valence-corrected chi connectivity index (χ3v) is 3.35. The fourth-order valence-corrected chi connectivity index (χ4v) is 2.24. The number of ether oxygens (including phenoxy) is 1. The molecule has 0 aliphatic carbocycles. The van der Waals surface area contributed by atoms with E-state index < -0.39 is 10.8 Å². The van der Waals surface area contributed by atoms with Crippen LogP contribution < -0.4 is 20.6 Å². The van der Waals surface area contributed by atoms with E-state index in [1.54, 1.807) is 24.7 Å². The number of aliphatic hydroxyl groups is 1. The average molecular weight is 314 g/mol. The van der Waals surface area contributed by atoms with Crippen molar-refractivity contribution < 1.29 is 14.8 Å². The summed E-state index contributed by atoms with van der Waals surface area (Å²) in [7, 11) is 0. The van der Waals surface area contributed by atoms with E-state index >= 15 is 0 Å². The van der Waals surface area contributed by atoms with Crippen molar-refractivity contribution in [1.29, 1.82) is 0 Å². The molecular formula is C15H14N4O4. The standard InChI is InChI=1S/C15H14N4O4/c20-15(19(21)22)13-8-14-11(9-17-13)3-5-18(14)6-7-23-12-2-1-4-16-10-12/h1-5,8-10,17,20H,6-7H2. The lowest BCUT2D eigenvalue weighted by Gasteiger charge is -2.09. The monoisotopic (exact) mass is 314 g/mol. The van der Waals surface area contributed by atoms with Crippen LogP contribution in [0.5, 0.6) is 5.75 Å². The zero-order valence-corrected chi connectivity index (χ0v) is 12.0. The van der Waals surface area contributed by atoms with Gasteiger partial charge in [0.25, 0.3) is 0 Å². The van der Waals surface area contributed by atoms with E-state index in [1.165, 1.54) is 6.08 Å². The zero-order chi connectivity index (χ0) is 16.2. The lowest BCUT2D eigenvalue weighted by Crippen LogP contribution is -2.36. The van der Waals surface area contributed by atoms with Crippen LogP contribution in [0.1, 0.15) is 0 Å². The molecule has 0 saturated carbocycles. The van der Waals surface area contributed by atoms with Crippen LogP contribution in [0.25, 0.3) is 12.3 Å². The lowest BCUT2D eigenvalue weighted by atomic mass is 10.3. The molecule has 0 unspecified atom stereocenters. The van der Waals surface area contributed by atoms with Crippen LogP contribution in [0.3, 0.4) is 0 Å². The Morgan fingerprint density at radius 1 is 1.48 bits per heavy atom. The molecule has 118 valence electrons. The Morgan fingerprint density at radius 3 is 3.09 bits per heavy atom. The first kappa shape index (κ1) is 14.6. The fourth-order valence-electron chi connectivity index (χ4n) is 2.24. The summed E-state index contributed by atoms with van der Waals surface area (Å²) in [5.74, 6) is -0.233. The Hall–Kier alpha value is -3.29. The molecular weight excluding hydrogens is 300 g/mol. The number of allylic oxidation sites excluding steroid dienone is 1. The second-order valence-corrected chi connectivity index (χ2v) is 4.81. The van der Waals surface area contributed by atoms with Crippen molar-refractivity contribution in [2.75, 3.05) is 6.61 Å². The molecule has 2 aromatic heterocycles. The molecule has 0 fully saturated rings. The first-order valence-corrected chi connectivity index (χ1v) is 6.89. The Labute approximate surface area is 130 Å². The SMILES string of the molecule is O=[N+]([O-])C(O)=C1C=c2c(ccn2CCOc2cccnc2)=CN1. The summed E-state index contributed by atoms with van der Waals surface area (Å²) in [6, 6.07) is 5.49. The highest BCUT2D eigenvalue weighted by Crippen LogP contribution is 2.06. The van der Waals surface area contributed by atoms with E-state index in [0.29, 0.717) is 18.9 Å². The van der Waals surface area contributed by atoms with E-state index in [2.05, 4.69) is 10.3 Å². The number of rotatable bonds is 5. The van der Waals surface area contributed by atoms with Gasteiger partial charge in [-0.3, -0.25) is 15.1 Å². The third-order valence-electron chi connectivity index (χ3n) is 3.35. The molecule has 2 aromatic rings. The van der Waals surface area contributed by atoms with E-state index in [9.17, 15) is 15.2 Å². The number of aromatic nitrogens is 2. The summed E-state index contributed by atoms with van der Waals surface area (Å²) < 4.78 is 7.49. The minimum absolute atomic E-state index is 0.0515. The molecule has 23 heavy (non-hydrogen) atoms. The van der Waals surface area contributed by atoms with Crippen molar-refractivity contribution in [3.8, 4) is 5.75 Å². The molecule has 0 bridgehead atoms. The van der Waals surface area contributed by atoms with Crippen LogP contribution in [0, 0.1) is 10.1 Å². The molecule has 3 rings (SSSR count). The van der Waals surface area contributed by atoms with Gasteiger partial charge >= 0.3 is 5.88 Å². The highest BCUT2D eigenvalue weighted by molar-refractivity contribution is 5.52. The summed E-state index contributed by atoms with van der Waals surface area (Å²) in [4.78, 5) is 13.8. The van der Waals surface area contributed by atoms with Gasteiger partial charge in [-0.25, -0.2) is 0 Å². The number of aliphatic hydroxyl groups excluding tert-OH is 1. The molecule has 1 aliphatic heterocycles. The summed E-state index contributed by atoms with van der Waals surface area (Å²) in [6.07, 6.45) is 8.31. The van der Waals surface area contributed by atoms with Gasteiger partial charge < -0.3 is 19.7 Å². The summed E-state index contributed by atoms with van der Waals surface area (Å²) in [6.45, 7) is 0.982. The molecule has 8 heteroatoms. The summed E-state index contributed by atoms with van der Waals surface area (Å²) >= 11 is 0. The van der Waals surface area contributed by atoms with Crippen LogP contribution in [0.4, 0.5) is 0 Å². The Morgan fingerprint density at radius 2 is 2.35 bits per heavy atom. The Kier molecular flexibility index (Phi) is 3.96. The van der Waals surface area contributed by atoms with Crippen LogP contribution in [-0.2, 0) is 6.54 Å². The molecule has 0 amide bonds. The second kappa shape index (κ2) is 6.22. The van der Waals surface area contributed by atoms with Crippen LogP contribution in [0.15, 0.2) is 48.4 Å². The number of fused-ring (bicyclic) bond motifs is 1. The highest BCUT2D eigenvalue weighted by Gasteiger charge is 2.16. The number of pyridine rings is 1. The fraction of sp³-hybridized carbons (Fsp3) is 0.133. The number of hydrogen-bond acceptors (Lipinski definition) is 6. The molecule has 1 aliphatic rings. The van der Waals surface area contributed by atoms with Gasteiger partial charge in [0.05, 0.1) is 18.1 Å². The van der Waals surface area contributed by atoms with Crippen LogP contribution >= 0.6 is 0 Å². The van der Waals surface area contributed by atoms with Crippen molar-refractivity contribution >= 4 is 12.3 Å². The van der Waals surface area contributed by atoms with Crippen molar-refractivity contribution in [3.05, 3.63) is 69.1 Å². The predicted molar refractivity (Wildman–Crippen MR) is 82.1 cm³/mol. The largest absolute Gasteiger partial charge is 0.490 e. The Bertz CT molecular complexity index is 871. The number of hydrogen-bond donors (Lipinski definition) is 2. The minimum atomic E-state index is -0.911. The van der Waals surface area contributed by atoms with Crippen LogP contribution in [0.2, 0.25) is 0 Å². The lowest BCUT2D eigenvalue weighted by molar-refractivity contribution is -0.459. The van der Waals surface area contributed by atoms with Gasteiger partial charge in [0.15, 0.2) is 5.70 Å². The van der Waals surface area contributed by atoms with Crippen molar-refractivity contribution in [1.82, 2.24) is 14.9 Å². The van der Waals surface area contributed by atoms with Crippen molar-refractivity contribution in [2.45, 2.75) is 6.54 Å². The first-order valence-electron chi connectivity index (χ1n) is 6.89. The zero-order valence-electron chi connectivity index (χ0n) is 12.0. The maximum atomic E-state index is 10.7. The maximum Gasteiger partial charge on any atom is 0.449 e. The summed E-state index contributed by atoms with van der Waals surface area (Å²) in [5, 5.41) is 24.5. The second-order valence-electron chi connectivity index (χ2n) is 4.81. The van der Waals surface area contributed by atoms with Gasteiger partial charge in [0.2, 0.25) is 0 Å². The molecule has 2 N–H and O–H groups in total. The smallest absolute Gasteiger partial charge is 0.449 e. The third kappa shape index (κ3) is 3.15. The predicted octanol–water partition coefficient (Wildman–Crippen LogP) is 0.0876. The molecule has 0 aromatic carbocycles. The maximum absolute atomic E-state index is 10.7. The highest BCUT2D eigenvalue weighted by atomic mass is 16.7. The van der Waals surface area contributed by atoms with Crippen LogP contribution in [-0.4, -0.2) is 26.2 Å². The van der Waals surface area contributed by atoms with Gasteiger partial charge in [-0.05, 0) is 24.3 Å². The minimum Gasteiger partial charge on any atom is -0.490 e. The molecule has 0 atom stereocenters. The van der Waals surface area contributed by atoms with Gasteiger partial charge in [0, 0.05) is 23.8 Å². The van der Waals surface area contributed by atoms with E-state index in [-0.39, 0.29) is 5.70 Å². The molecule has 0 saturated heterocycles. The van der Waals surface area contributed by atoms with E-state index in [0.717, 1.165) is 10.6 Å². The van der Waals surface area contributed by atoms with Gasteiger partial charge in [-0.1, -0.05) is 0 Å². The van der Waals surface area contributed by atoms with E-state index in [4.69, 9.17) is 4.74 Å². The average Bonchev–Trinajstić information content (AvgIpc) is 2.97. The van der Waals surface area contributed by atoms with E-state index in [1.807, 2.05) is 22.9 Å². The van der Waals surface area contributed by atoms with Gasteiger partial charge in [-0.2, -0.15) is 0 Å². The molecule has 8 nitrogen and oxygen atoms in total. The van der Waals surface area contributed by atoms with Crippen molar-refractivity contribution in [3.63, 3.8) is 0 Å². The Balaban J connectivity index is 1.79. The topological polar surface area (TPSA) is 102 Å². The molecule has 0 radical (unpaired) electrons.